The molecule has 0 saturated heterocycles. The molecule has 0 saturated carbocycles. The molecule has 0 amide bonds. The SMILES string of the molecule is COc1cc(N)ccc1-c1cc(C)c(Cl)s1. The topological polar surface area (TPSA) is 35.2 Å². The number of nitrogens with two attached hydrogens (primary N) is 1. The number of nitrogen functional groups attached to an aromatic ring is 1. The highest BCUT2D eigenvalue weighted by molar-refractivity contribution is 7.19. The number of halogens is 1. The second-order valence-electron chi connectivity index (χ2n) is 3.53. The second kappa shape index (κ2) is 4.36. The van der Waals surface area contributed by atoms with Gasteiger partial charge in [0, 0.05) is 22.2 Å². The van der Waals surface area contributed by atoms with Crippen LogP contribution < -0.4 is 10.5 Å². The number of hydrogen-bond donors (Lipinski definition) is 1. The Balaban J connectivity index is 2.55. The van der Waals surface area contributed by atoms with E-state index in [0.717, 1.165) is 26.1 Å². The van der Waals surface area contributed by atoms with Gasteiger partial charge in [-0.2, -0.15) is 0 Å². The van der Waals surface area contributed by atoms with E-state index in [0.29, 0.717) is 5.69 Å². The van der Waals surface area contributed by atoms with Gasteiger partial charge in [-0.1, -0.05) is 11.6 Å². The minimum Gasteiger partial charge on any atom is -0.496 e. The number of methoxy groups -OCH3 is 1. The lowest BCUT2D eigenvalue weighted by atomic mass is 10.1. The minimum atomic E-state index is 0.694. The fraction of sp³-hybridized carbons (Fsp3) is 0.167. The van der Waals surface area contributed by atoms with Crippen molar-refractivity contribution >= 4 is 28.6 Å². The third-order valence-corrected chi connectivity index (χ3v) is 3.94. The molecule has 0 aliphatic heterocycles. The number of aryl methyl sites for hydroxylation is 1. The van der Waals surface area contributed by atoms with Gasteiger partial charge in [0.2, 0.25) is 0 Å². The maximum absolute atomic E-state index is 6.06. The third kappa shape index (κ3) is 2.01. The quantitative estimate of drug-likeness (QED) is 0.822. The molecule has 1 heterocycles. The summed E-state index contributed by atoms with van der Waals surface area (Å²) in [5, 5.41) is 0. The van der Waals surface area contributed by atoms with Crippen LogP contribution in [0.2, 0.25) is 4.34 Å². The zero-order valence-corrected chi connectivity index (χ0v) is 10.7. The van der Waals surface area contributed by atoms with Crippen LogP contribution in [0.5, 0.6) is 5.75 Å². The van der Waals surface area contributed by atoms with Crippen LogP contribution in [0.4, 0.5) is 5.69 Å². The summed E-state index contributed by atoms with van der Waals surface area (Å²) < 4.78 is 6.13. The minimum absolute atomic E-state index is 0.694. The Morgan fingerprint density at radius 1 is 1.31 bits per heavy atom. The van der Waals surface area contributed by atoms with E-state index < -0.39 is 0 Å². The fourth-order valence-electron chi connectivity index (χ4n) is 1.50. The lowest BCUT2D eigenvalue weighted by Gasteiger charge is -2.07. The molecule has 1 aromatic heterocycles. The fourth-order valence-corrected chi connectivity index (χ4v) is 2.74. The monoisotopic (exact) mass is 253 g/mol. The van der Waals surface area contributed by atoms with Gasteiger partial charge in [0.25, 0.3) is 0 Å². The Labute approximate surface area is 104 Å². The van der Waals surface area contributed by atoms with Gasteiger partial charge in [0.05, 0.1) is 11.4 Å². The number of benzene rings is 1. The highest BCUT2D eigenvalue weighted by Crippen LogP contribution is 2.39. The van der Waals surface area contributed by atoms with E-state index in [1.807, 2.05) is 25.1 Å². The van der Waals surface area contributed by atoms with E-state index in [-0.39, 0.29) is 0 Å². The van der Waals surface area contributed by atoms with Gasteiger partial charge in [0.15, 0.2) is 0 Å². The van der Waals surface area contributed by atoms with Crippen molar-refractivity contribution in [3.63, 3.8) is 0 Å². The molecule has 0 atom stereocenters. The van der Waals surface area contributed by atoms with Crippen LogP contribution in [0.25, 0.3) is 10.4 Å². The molecule has 0 aliphatic rings. The Morgan fingerprint density at radius 3 is 2.62 bits per heavy atom. The molecule has 0 bridgehead atoms. The summed E-state index contributed by atoms with van der Waals surface area (Å²) in [6.45, 7) is 1.99. The van der Waals surface area contributed by atoms with E-state index >= 15 is 0 Å². The molecular weight excluding hydrogens is 242 g/mol. The maximum atomic E-state index is 6.06. The largest absolute Gasteiger partial charge is 0.496 e. The first-order valence-electron chi connectivity index (χ1n) is 4.81. The van der Waals surface area contributed by atoms with Crippen molar-refractivity contribution in [1.82, 2.24) is 0 Å². The molecule has 0 fully saturated rings. The smallest absolute Gasteiger partial charge is 0.129 e. The van der Waals surface area contributed by atoms with Crippen LogP contribution in [0.1, 0.15) is 5.56 Å². The van der Waals surface area contributed by atoms with Gasteiger partial charge in [-0.25, -0.2) is 0 Å². The van der Waals surface area contributed by atoms with Crippen molar-refractivity contribution < 1.29 is 4.74 Å². The van der Waals surface area contributed by atoms with E-state index in [4.69, 9.17) is 22.1 Å². The zero-order chi connectivity index (χ0) is 11.7. The summed E-state index contributed by atoms with van der Waals surface area (Å²) >= 11 is 7.61. The van der Waals surface area contributed by atoms with E-state index in [9.17, 15) is 0 Å². The predicted octanol–water partition coefficient (Wildman–Crippen LogP) is 3.97. The molecule has 0 aliphatic carbocycles. The van der Waals surface area contributed by atoms with E-state index in [1.165, 1.54) is 0 Å². The Bertz CT molecular complexity index is 502. The first kappa shape index (κ1) is 11.3. The summed E-state index contributed by atoms with van der Waals surface area (Å²) in [5.74, 6) is 0.776. The maximum Gasteiger partial charge on any atom is 0.129 e. The van der Waals surface area contributed by atoms with Crippen LogP contribution in [0.3, 0.4) is 0 Å². The normalized spacial score (nSPS) is 10.4. The highest BCUT2D eigenvalue weighted by atomic mass is 35.5. The zero-order valence-electron chi connectivity index (χ0n) is 9.08. The predicted molar refractivity (Wildman–Crippen MR) is 70.5 cm³/mol. The van der Waals surface area contributed by atoms with Crippen molar-refractivity contribution in [2.75, 3.05) is 12.8 Å². The van der Waals surface area contributed by atoms with Crippen LogP contribution >= 0.6 is 22.9 Å². The molecule has 2 nitrogen and oxygen atoms in total. The van der Waals surface area contributed by atoms with Gasteiger partial charge < -0.3 is 10.5 Å². The Kier molecular flexibility index (Phi) is 3.08. The van der Waals surface area contributed by atoms with E-state index in [1.54, 1.807) is 18.4 Å². The average molecular weight is 254 g/mol. The number of ether oxygens (including phenoxy) is 1. The molecule has 0 spiro atoms. The molecule has 16 heavy (non-hydrogen) atoms. The number of hydrogen-bond acceptors (Lipinski definition) is 3. The summed E-state index contributed by atoms with van der Waals surface area (Å²) in [6, 6.07) is 7.69. The average Bonchev–Trinajstić information content (AvgIpc) is 2.59. The van der Waals surface area contributed by atoms with Crippen molar-refractivity contribution in [2.24, 2.45) is 0 Å². The van der Waals surface area contributed by atoms with Crippen molar-refractivity contribution in [3.05, 3.63) is 34.2 Å². The van der Waals surface area contributed by atoms with Gasteiger partial charge >= 0.3 is 0 Å². The molecule has 2 rings (SSSR count). The van der Waals surface area contributed by atoms with Crippen molar-refractivity contribution in [3.8, 4) is 16.2 Å². The van der Waals surface area contributed by atoms with Crippen LogP contribution in [0.15, 0.2) is 24.3 Å². The van der Waals surface area contributed by atoms with Gasteiger partial charge in [0.1, 0.15) is 5.75 Å². The first-order chi connectivity index (χ1) is 7.61. The van der Waals surface area contributed by atoms with Crippen molar-refractivity contribution in [2.45, 2.75) is 6.92 Å². The highest BCUT2D eigenvalue weighted by Gasteiger charge is 2.10. The lowest BCUT2D eigenvalue weighted by Crippen LogP contribution is -1.90. The summed E-state index contributed by atoms with van der Waals surface area (Å²) in [6.07, 6.45) is 0. The molecule has 4 heteroatoms. The molecular formula is C12H12ClNOS. The third-order valence-electron chi connectivity index (χ3n) is 2.35. The molecule has 2 aromatic rings. The van der Waals surface area contributed by atoms with Crippen LogP contribution in [-0.4, -0.2) is 7.11 Å². The summed E-state index contributed by atoms with van der Waals surface area (Å²) in [7, 11) is 1.64. The van der Waals surface area contributed by atoms with Crippen molar-refractivity contribution in [1.29, 1.82) is 0 Å². The Hall–Kier alpha value is -1.19. The van der Waals surface area contributed by atoms with Gasteiger partial charge in [-0.05, 0) is 30.7 Å². The molecule has 1 aromatic carbocycles. The molecule has 84 valence electrons. The van der Waals surface area contributed by atoms with Gasteiger partial charge in [-0.15, -0.1) is 11.3 Å². The standard InChI is InChI=1S/C12H12ClNOS/c1-7-5-11(16-12(7)13)9-4-3-8(14)6-10(9)15-2/h3-6H,14H2,1-2H3. The summed E-state index contributed by atoms with van der Waals surface area (Å²) in [5.41, 5.74) is 8.52. The number of anilines is 1. The first-order valence-corrected chi connectivity index (χ1v) is 6.01. The summed E-state index contributed by atoms with van der Waals surface area (Å²) in [4.78, 5) is 1.10. The molecule has 0 radical (unpaired) electrons. The van der Waals surface area contributed by atoms with Crippen LogP contribution in [-0.2, 0) is 0 Å². The Morgan fingerprint density at radius 2 is 2.06 bits per heavy atom. The number of rotatable bonds is 2. The number of thiophene rings is 1. The van der Waals surface area contributed by atoms with E-state index in [2.05, 4.69) is 6.07 Å². The van der Waals surface area contributed by atoms with Crippen LogP contribution in [0, 0.1) is 6.92 Å². The lowest BCUT2D eigenvalue weighted by molar-refractivity contribution is 0.417. The second-order valence-corrected chi connectivity index (χ2v) is 5.18. The molecule has 0 unspecified atom stereocenters. The molecule has 2 N–H and O–H groups in total. The van der Waals surface area contributed by atoms with Gasteiger partial charge in [-0.3, -0.25) is 0 Å².